The van der Waals surface area contributed by atoms with E-state index < -0.39 is 0 Å². The third-order valence-corrected chi connectivity index (χ3v) is 4.53. The molecule has 0 aliphatic heterocycles. The van der Waals surface area contributed by atoms with Crippen LogP contribution in [0.5, 0.6) is 0 Å². The smallest absolute Gasteiger partial charge is 0.0426 e. The topological polar surface area (TPSA) is 0 Å². The van der Waals surface area contributed by atoms with E-state index in [1.165, 1.54) is 36.0 Å². The van der Waals surface area contributed by atoms with Gasteiger partial charge in [-0.2, -0.15) is 0 Å². The first kappa shape index (κ1) is 10.2. The van der Waals surface area contributed by atoms with Crippen LogP contribution in [0.15, 0.2) is 18.2 Å². The maximum absolute atomic E-state index is 3.84. The van der Waals surface area contributed by atoms with Crippen molar-refractivity contribution < 1.29 is 0 Å². The molecule has 14 heavy (non-hydrogen) atoms. The Kier molecular flexibility index (Phi) is 2.96. The van der Waals surface area contributed by atoms with Gasteiger partial charge in [0.15, 0.2) is 0 Å². The standard InChI is InChI=1S/C13H17Br/c1-9-6-7-12(10(2)8-9)13(14)11-4-3-5-11/h6-8,11,13H,3-5H2,1-2H3/t13-/m1/s1. The van der Waals surface area contributed by atoms with Gasteiger partial charge in [0, 0.05) is 4.83 Å². The number of rotatable bonds is 2. The van der Waals surface area contributed by atoms with E-state index in [1.807, 2.05) is 0 Å². The molecular weight excluding hydrogens is 236 g/mol. The average Bonchev–Trinajstić information content (AvgIpc) is 2.00. The predicted octanol–water partition coefficient (Wildman–Crippen LogP) is 4.54. The molecule has 1 aromatic rings. The largest absolute Gasteiger partial charge is 0.0836 e. The Morgan fingerprint density at radius 1 is 1.29 bits per heavy atom. The molecule has 0 nitrogen and oxygen atoms in total. The highest BCUT2D eigenvalue weighted by Crippen LogP contribution is 2.43. The van der Waals surface area contributed by atoms with Crippen LogP contribution in [0, 0.1) is 19.8 Å². The third-order valence-electron chi connectivity index (χ3n) is 3.29. The van der Waals surface area contributed by atoms with Gasteiger partial charge in [0.1, 0.15) is 0 Å². The molecule has 0 radical (unpaired) electrons. The van der Waals surface area contributed by atoms with Crippen molar-refractivity contribution in [3.8, 4) is 0 Å². The van der Waals surface area contributed by atoms with Crippen molar-refractivity contribution in [2.45, 2.75) is 37.9 Å². The molecule has 1 aromatic carbocycles. The van der Waals surface area contributed by atoms with Crippen LogP contribution in [0.25, 0.3) is 0 Å². The molecule has 1 heteroatoms. The molecule has 0 heterocycles. The van der Waals surface area contributed by atoms with Crippen molar-refractivity contribution in [3.05, 3.63) is 34.9 Å². The van der Waals surface area contributed by atoms with Gasteiger partial charge in [0.05, 0.1) is 0 Å². The molecule has 0 saturated heterocycles. The van der Waals surface area contributed by atoms with E-state index in [1.54, 1.807) is 0 Å². The molecule has 0 unspecified atom stereocenters. The summed E-state index contributed by atoms with van der Waals surface area (Å²) in [5, 5.41) is 0. The van der Waals surface area contributed by atoms with Crippen molar-refractivity contribution >= 4 is 15.9 Å². The summed E-state index contributed by atoms with van der Waals surface area (Å²) >= 11 is 3.84. The maximum Gasteiger partial charge on any atom is 0.0426 e. The summed E-state index contributed by atoms with van der Waals surface area (Å²) in [4.78, 5) is 0.580. The average molecular weight is 253 g/mol. The maximum atomic E-state index is 3.84. The van der Waals surface area contributed by atoms with Gasteiger partial charge in [-0.15, -0.1) is 0 Å². The first-order chi connectivity index (χ1) is 6.68. The minimum atomic E-state index is 0.580. The Bertz CT molecular complexity index is 326. The van der Waals surface area contributed by atoms with Crippen LogP contribution in [0.1, 0.15) is 40.8 Å². The Balaban J connectivity index is 2.22. The van der Waals surface area contributed by atoms with Gasteiger partial charge in [-0.1, -0.05) is 46.1 Å². The normalized spacial score (nSPS) is 19.1. The minimum Gasteiger partial charge on any atom is -0.0836 e. The van der Waals surface area contributed by atoms with Crippen LogP contribution in [0.2, 0.25) is 0 Å². The van der Waals surface area contributed by atoms with E-state index in [9.17, 15) is 0 Å². The lowest BCUT2D eigenvalue weighted by molar-refractivity contribution is 0.312. The van der Waals surface area contributed by atoms with Gasteiger partial charge in [0.2, 0.25) is 0 Å². The number of benzene rings is 1. The fourth-order valence-electron chi connectivity index (χ4n) is 2.12. The summed E-state index contributed by atoms with van der Waals surface area (Å²) in [6, 6.07) is 6.78. The van der Waals surface area contributed by atoms with Crippen LogP contribution in [-0.2, 0) is 0 Å². The highest BCUT2D eigenvalue weighted by atomic mass is 79.9. The van der Waals surface area contributed by atoms with Crippen LogP contribution in [-0.4, -0.2) is 0 Å². The van der Waals surface area contributed by atoms with Gasteiger partial charge < -0.3 is 0 Å². The SMILES string of the molecule is Cc1ccc([C@H](Br)C2CCC2)c(C)c1. The Labute approximate surface area is 94.8 Å². The molecule has 0 spiro atoms. The first-order valence-corrected chi connectivity index (χ1v) is 6.31. The number of hydrogen-bond donors (Lipinski definition) is 0. The molecule has 1 aliphatic rings. The lowest BCUT2D eigenvalue weighted by Crippen LogP contribution is -2.16. The molecule has 0 aromatic heterocycles. The van der Waals surface area contributed by atoms with Crippen molar-refractivity contribution in [1.82, 2.24) is 0 Å². The fourth-order valence-corrected chi connectivity index (χ4v) is 3.16. The number of aryl methyl sites for hydroxylation is 2. The zero-order valence-electron chi connectivity index (χ0n) is 8.89. The number of alkyl halides is 1. The van der Waals surface area contributed by atoms with Crippen LogP contribution in [0.4, 0.5) is 0 Å². The molecule has 76 valence electrons. The van der Waals surface area contributed by atoms with Gasteiger partial charge in [-0.25, -0.2) is 0 Å². The summed E-state index contributed by atoms with van der Waals surface area (Å²) in [5.41, 5.74) is 4.28. The monoisotopic (exact) mass is 252 g/mol. The minimum absolute atomic E-state index is 0.580. The summed E-state index contributed by atoms with van der Waals surface area (Å²) in [6.07, 6.45) is 4.20. The quantitative estimate of drug-likeness (QED) is 0.679. The van der Waals surface area contributed by atoms with E-state index in [0.717, 1.165) is 5.92 Å². The Morgan fingerprint density at radius 2 is 2.00 bits per heavy atom. The Hall–Kier alpha value is -0.300. The molecule has 1 saturated carbocycles. The molecule has 0 amide bonds. The van der Waals surface area contributed by atoms with E-state index in [-0.39, 0.29) is 0 Å². The highest BCUT2D eigenvalue weighted by Gasteiger charge is 2.27. The lowest BCUT2D eigenvalue weighted by atomic mass is 9.80. The summed E-state index contributed by atoms with van der Waals surface area (Å²) in [5.74, 6) is 0.872. The van der Waals surface area contributed by atoms with Gasteiger partial charge in [0.25, 0.3) is 0 Å². The summed E-state index contributed by atoms with van der Waals surface area (Å²) in [6.45, 7) is 4.37. The molecule has 1 fully saturated rings. The molecule has 0 bridgehead atoms. The second kappa shape index (κ2) is 4.06. The lowest BCUT2D eigenvalue weighted by Gasteiger charge is -2.31. The van der Waals surface area contributed by atoms with E-state index in [4.69, 9.17) is 0 Å². The second-order valence-corrected chi connectivity index (χ2v) is 5.44. The predicted molar refractivity (Wildman–Crippen MR) is 64.9 cm³/mol. The molecule has 1 atom stereocenters. The van der Waals surface area contributed by atoms with Crippen LogP contribution in [0.3, 0.4) is 0 Å². The summed E-state index contributed by atoms with van der Waals surface area (Å²) < 4.78 is 0. The van der Waals surface area contributed by atoms with Gasteiger partial charge in [-0.05, 0) is 43.7 Å². The van der Waals surface area contributed by atoms with Crippen molar-refractivity contribution in [2.24, 2.45) is 5.92 Å². The van der Waals surface area contributed by atoms with Crippen LogP contribution >= 0.6 is 15.9 Å². The molecule has 2 rings (SSSR count). The fraction of sp³-hybridized carbons (Fsp3) is 0.538. The van der Waals surface area contributed by atoms with Gasteiger partial charge >= 0.3 is 0 Å². The van der Waals surface area contributed by atoms with E-state index in [0.29, 0.717) is 4.83 Å². The van der Waals surface area contributed by atoms with Crippen molar-refractivity contribution in [3.63, 3.8) is 0 Å². The van der Waals surface area contributed by atoms with Crippen molar-refractivity contribution in [1.29, 1.82) is 0 Å². The number of hydrogen-bond acceptors (Lipinski definition) is 0. The molecular formula is C13H17Br. The summed E-state index contributed by atoms with van der Waals surface area (Å²) in [7, 11) is 0. The second-order valence-electron chi connectivity index (χ2n) is 4.45. The van der Waals surface area contributed by atoms with Crippen molar-refractivity contribution in [2.75, 3.05) is 0 Å². The number of halogens is 1. The highest BCUT2D eigenvalue weighted by molar-refractivity contribution is 9.09. The Morgan fingerprint density at radius 3 is 2.50 bits per heavy atom. The zero-order valence-corrected chi connectivity index (χ0v) is 10.5. The van der Waals surface area contributed by atoms with Gasteiger partial charge in [-0.3, -0.25) is 0 Å². The molecule has 0 N–H and O–H groups in total. The van der Waals surface area contributed by atoms with E-state index >= 15 is 0 Å². The van der Waals surface area contributed by atoms with E-state index in [2.05, 4.69) is 48.0 Å². The first-order valence-electron chi connectivity index (χ1n) is 5.39. The van der Waals surface area contributed by atoms with Crippen LogP contribution < -0.4 is 0 Å². The molecule has 1 aliphatic carbocycles. The zero-order chi connectivity index (χ0) is 10.1. The third kappa shape index (κ3) is 1.88.